The number of nitrogens with zero attached hydrogens (tertiary/aromatic N) is 2. The van der Waals surface area contributed by atoms with Crippen LogP contribution in [0.2, 0.25) is 0 Å². The number of hydrogen-bond acceptors (Lipinski definition) is 5. The van der Waals surface area contributed by atoms with Gasteiger partial charge in [0.15, 0.2) is 5.82 Å². The fourth-order valence-corrected chi connectivity index (χ4v) is 1.60. The van der Waals surface area contributed by atoms with Crippen molar-refractivity contribution in [2.45, 2.75) is 6.92 Å². The number of benzene rings is 1. The molecule has 2 aromatic rings. The van der Waals surface area contributed by atoms with Gasteiger partial charge in [0.25, 0.3) is 0 Å². The van der Waals surface area contributed by atoms with Gasteiger partial charge in [-0.2, -0.15) is 0 Å². The van der Waals surface area contributed by atoms with Crippen molar-refractivity contribution < 1.29 is 4.74 Å². The van der Waals surface area contributed by atoms with Crippen LogP contribution in [0, 0.1) is 6.92 Å². The molecule has 3 N–H and O–H groups in total. The molecule has 0 aliphatic rings. The highest BCUT2D eigenvalue weighted by Crippen LogP contribution is 2.24. The second kappa shape index (κ2) is 4.80. The molecule has 0 aliphatic heterocycles. The number of nitrogens with two attached hydrogens (primary N) is 1. The molecule has 17 heavy (non-hydrogen) atoms. The third kappa shape index (κ3) is 2.34. The maximum atomic E-state index is 5.31. The molecule has 5 heteroatoms. The van der Waals surface area contributed by atoms with Crippen molar-refractivity contribution in [2.75, 3.05) is 12.5 Å². The number of ether oxygens (including phenoxy) is 1. The molecule has 2 rings (SSSR count). The Bertz CT molecular complexity index is 528. The number of aromatic nitrogens is 2. The smallest absolute Gasteiger partial charge is 0.161 e. The Morgan fingerprint density at radius 2 is 2.12 bits per heavy atom. The standard InChI is InChI=1S/C12H14N4O/c1-8-7-9(3-4-10(8)17-2)12-14-6-5-11(15-12)16-13/h3-7H,13H2,1-2H3,(H,14,15,16). The van der Waals surface area contributed by atoms with Gasteiger partial charge < -0.3 is 10.2 Å². The van der Waals surface area contributed by atoms with E-state index < -0.39 is 0 Å². The highest BCUT2D eigenvalue weighted by atomic mass is 16.5. The zero-order valence-corrected chi connectivity index (χ0v) is 9.77. The number of nitrogens with one attached hydrogen (secondary N) is 1. The molecule has 88 valence electrons. The van der Waals surface area contributed by atoms with E-state index in [-0.39, 0.29) is 0 Å². The molecular weight excluding hydrogens is 216 g/mol. The Balaban J connectivity index is 2.42. The second-order valence-corrected chi connectivity index (χ2v) is 3.59. The maximum Gasteiger partial charge on any atom is 0.161 e. The minimum Gasteiger partial charge on any atom is -0.496 e. The number of rotatable bonds is 3. The van der Waals surface area contributed by atoms with E-state index >= 15 is 0 Å². The summed E-state index contributed by atoms with van der Waals surface area (Å²) in [5, 5.41) is 0. The van der Waals surface area contributed by atoms with Gasteiger partial charge >= 0.3 is 0 Å². The van der Waals surface area contributed by atoms with Gasteiger partial charge in [0, 0.05) is 17.8 Å². The number of hydrogen-bond donors (Lipinski definition) is 2. The van der Waals surface area contributed by atoms with E-state index in [1.54, 1.807) is 19.4 Å². The number of methoxy groups -OCH3 is 1. The predicted molar refractivity (Wildman–Crippen MR) is 66.6 cm³/mol. The maximum absolute atomic E-state index is 5.31. The van der Waals surface area contributed by atoms with Crippen LogP contribution in [-0.2, 0) is 0 Å². The second-order valence-electron chi connectivity index (χ2n) is 3.59. The van der Waals surface area contributed by atoms with Crippen molar-refractivity contribution in [3.8, 4) is 17.1 Å². The van der Waals surface area contributed by atoms with Crippen LogP contribution >= 0.6 is 0 Å². The third-order valence-corrected chi connectivity index (χ3v) is 2.46. The molecule has 0 spiro atoms. The molecule has 0 radical (unpaired) electrons. The van der Waals surface area contributed by atoms with Gasteiger partial charge in [-0.1, -0.05) is 0 Å². The normalized spacial score (nSPS) is 10.1. The summed E-state index contributed by atoms with van der Waals surface area (Å²) in [5.74, 6) is 7.38. The average molecular weight is 230 g/mol. The van der Waals surface area contributed by atoms with Crippen molar-refractivity contribution in [3.63, 3.8) is 0 Å². The Labute approximate surface area is 99.6 Å². The van der Waals surface area contributed by atoms with Crippen molar-refractivity contribution in [1.29, 1.82) is 0 Å². The van der Waals surface area contributed by atoms with Gasteiger partial charge in [-0.05, 0) is 30.7 Å². The van der Waals surface area contributed by atoms with Gasteiger partial charge in [-0.25, -0.2) is 15.8 Å². The summed E-state index contributed by atoms with van der Waals surface area (Å²) < 4.78 is 5.21. The lowest BCUT2D eigenvalue weighted by atomic mass is 10.1. The van der Waals surface area contributed by atoms with Crippen molar-refractivity contribution in [3.05, 3.63) is 36.0 Å². The molecule has 1 aromatic carbocycles. The number of aryl methyl sites for hydroxylation is 1. The van der Waals surface area contributed by atoms with E-state index in [0.29, 0.717) is 11.6 Å². The Hall–Kier alpha value is -2.14. The van der Waals surface area contributed by atoms with Crippen LogP contribution in [0.5, 0.6) is 5.75 Å². The molecule has 0 amide bonds. The first kappa shape index (κ1) is 11.3. The fraction of sp³-hybridized carbons (Fsp3) is 0.167. The SMILES string of the molecule is COc1ccc(-c2nccc(NN)n2)cc1C. The summed E-state index contributed by atoms with van der Waals surface area (Å²) in [6.07, 6.45) is 1.66. The van der Waals surface area contributed by atoms with E-state index in [9.17, 15) is 0 Å². The minimum absolute atomic E-state index is 0.587. The van der Waals surface area contributed by atoms with E-state index in [0.717, 1.165) is 16.9 Å². The number of hydrazine groups is 1. The van der Waals surface area contributed by atoms with Crippen LogP contribution < -0.4 is 16.0 Å². The zero-order chi connectivity index (χ0) is 12.3. The van der Waals surface area contributed by atoms with E-state index in [1.165, 1.54) is 0 Å². The molecule has 0 atom stereocenters. The Morgan fingerprint density at radius 3 is 2.76 bits per heavy atom. The number of anilines is 1. The van der Waals surface area contributed by atoms with Crippen molar-refractivity contribution >= 4 is 5.82 Å². The largest absolute Gasteiger partial charge is 0.496 e. The van der Waals surface area contributed by atoms with Gasteiger partial charge in [-0.15, -0.1) is 0 Å². The van der Waals surface area contributed by atoms with E-state index in [1.807, 2.05) is 25.1 Å². The lowest BCUT2D eigenvalue weighted by Gasteiger charge is -2.07. The molecule has 0 saturated heterocycles. The monoisotopic (exact) mass is 230 g/mol. The average Bonchev–Trinajstić information content (AvgIpc) is 2.38. The minimum atomic E-state index is 0.587. The van der Waals surface area contributed by atoms with Crippen molar-refractivity contribution in [1.82, 2.24) is 9.97 Å². The summed E-state index contributed by atoms with van der Waals surface area (Å²) in [4.78, 5) is 8.48. The summed E-state index contributed by atoms with van der Waals surface area (Å²) in [5.41, 5.74) is 4.47. The van der Waals surface area contributed by atoms with Crippen LogP contribution in [0.4, 0.5) is 5.82 Å². The summed E-state index contributed by atoms with van der Waals surface area (Å²) >= 11 is 0. The first-order valence-electron chi connectivity index (χ1n) is 5.19. The topological polar surface area (TPSA) is 73.1 Å². The molecule has 0 unspecified atom stereocenters. The van der Waals surface area contributed by atoms with Gasteiger partial charge in [-0.3, -0.25) is 0 Å². The summed E-state index contributed by atoms with van der Waals surface area (Å²) in [6.45, 7) is 1.98. The van der Waals surface area contributed by atoms with Crippen LogP contribution in [0.25, 0.3) is 11.4 Å². The molecule has 0 saturated carbocycles. The van der Waals surface area contributed by atoms with Gasteiger partial charge in [0.2, 0.25) is 0 Å². The van der Waals surface area contributed by atoms with Crippen LogP contribution in [0.15, 0.2) is 30.5 Å². The lowest BCUT2D eigenvalue weighted by molar-refractivity contribution is 0.412. The third-order valence-electron chi connectivity index (χ3n) is 2.46. The molecular formula is C12H14N4O. The highest BCUT2D eigenvalue weighted by molar-refractivity contribution is 5.59. The first-order valence-corrected chi connectivity index (χ1v) is 5.19. The van der Waals surface area contributed by atoms with Gasteiger partial charge in [0.05, 0.1) is 7.11 Å². The number of nitrogen functional groups attached to an aromatic ring is 1. The van der Waals surface area contributed by atoms with Crippen LogP contribution in [-0.4, -0.2) is 17.1 Å². The summed E-state index contributed by atoms with van der Waals surface area (Å²) in [7, 11) is 1.65. The summed E-state index contributed by atoms with van der Waals surface area (Å²) in [6, 6.07) is 7.51. The van der Waals surface area contributed by atoms with Crippen molar-refractivity contribution in [2.24, 2.45) is 5.84 Å². The Morgan fingerprint density at radius 1 is 1.29 bits per heavy atom. The lowest BCUT2D eigenvalue weighted by Crippen LogP contribution is -2.09. The van der Waals surface area contributed by atoms with E-state index in [2.05, 4.69) is 15.4 Å². The molecule has 0 aliphatic carbocycles. The highest BCUT2D eigenvalue weighted by Gasteiger charge is 2.05. The molecule has 0 bridgehead atoms. The van der Waals surface area contributed by atoms with Gasteiger partial charge in [0.1, 0.15) is 11.6 Å². The Kier molecular flexibility index (Phi) is 3.20. The predicted octanol–water partition coefficient (Wildman–Crippen LogP) is 1.75. The quantitative estimate of drug-likeness (QED) is 0.620. The van der Waals surface area contributed by atoms with Crippen LogP contribution in [0.3, 0.4) is 0 Å². The van der Waals surface area contributed by atoms with E-state index in [4.69, 9.17) is 10.6 Å². The zero-order valence-electron chi connectivity index (χ0n) is 9.77. The molecule has 0 fully saturated rings. The first-order chi connectivity index (χ1) is 8.24. The fourth-order valence-electron chi connectivity index (χ4n) is 1.60. The molecule has 1 aromatic heterocycles. The molecule has 5 nitrogen and oxygen atoms in total. The molecule has 1 heterocycles. The van der Waals surface area contributed by atoms with Crippen LogP contribution in [0.1, 0.15) is 5.56 Å².